The molecule has 2 N–H and O–H groups in total. The van der Waals surface area contributed by atoms with E-state index >= 15 is 0 Å². The highest BCUT2D eigenvalue weighted by Crippen LogP contribution is 2.10. The van der Waals surface area contributed by atoms with Gasteiger partial charge in [-0.25, -0.2) is 9.97 Å². The van der Waals surface area contributed by atoms with Crippen molar-refractivity contribution in [2.45, 2.75) is 19.8 Å². The molecule has 0 aliphatic carbocycles. The first-order chi connectivity index (χ1) is 8.25. The minimum atomic E-state index is 0.181. The minimum Gasteiger partial charge on any atom is -0.474 e. The van der Waals surface area contributed by atoms with Crippen molar-refractivity contribution in [2.24, 2.45) is 5.73 Å². The summed E-state index contributed by atoms with van der Waals surface area (Å²) in [5.41, 5.74) is 5.92. The van der Waals surface area contributed by atoms with Crippen molar-refractivity contribution in [3.05, 3.63) is 18.1 Å². The van der Waals surface area contributed by atoms with Gasteiger partial charge >= 0.3 is 0 Å². The molecular formula is C11H17N3O2S. The van der Waals surface area contributed by atoms with Gasteiger partial charge in [0.2, 0.25) is 5.88 Å². The lowest BCUT2D eigenvalue weighted by atomic mass is 10.4. The van der Waals surface area contributed by atoms with Gasteiger partial charge in [0.25, 0.3) is 0 Å². The molecule has 0 spiro atoms. The number of ether oxygens (including phenoxy) is 2. The predicted molar refractivity (Wildman–Crippen MR) is 69.1 cm³/mol. The lowest BCUT2D eigenvalue weighted by Gasteiger charge is -2.08. The van der Waals surface area contributed by atoms with E-state index in [0.717, 1.165) is 19.4 Å². The van der Waals surface area contributed by atoms with Gasteiger partial charge in [0.1, 0.15) is 11.6 Å². The monoisotopic (exact) mass is 255 g/mol. The van der Waals surface area contributed by atoms with E-state index in [1.807, 2.05) is 0 Å². The van der Waals surface area contributed by atoms with Gasteiger partial charge in [0, 0.05) is 19.0 Å². The van der Waals surface area contributed by atoms with Crippen LogP contribution in [0.15, 0.2) is 12.4 Å². The highest BCUT2D eigenvalue weighted by atomic mass is 32.1. The molecule has 0 amide bonds. The number of hydrogen-bond acceptors (Lipinski definition) is 5. The minimum absolute atomic E-state index is 0.181. The Kier molecular flexibility index (Phi) is 6.42. The zero-order chi connectivity index (χ0) is 12.5. The van der Waals surface area contributed by atoms with E-state index in [-0.39, 0.29) is 4.99 Å². The molecule has 0 saturated heterocycles. The Hall–Kier alpha value is -1.27. The lowest BCUT2D eigenvalue weighted by Crippen LogP contribution is -2.16. The van der Waals surface area contributed by atoms with Crippen LogP contribution in [-0.4, -0.2) is 34.8 Å². The highest BCUT2D eigenvalue weighted by molar-refractivity contribution is 7.80. The lowest BCUT2D eigenvalue weighted by molar-refractivity contribution is 0.0963. The van der Waals surface area contributed by atoms with Crippen molar-refractivity contribution in [3.63, 3.8) is 0 Å². The van der Waals surface area contributed by atoms with Crippen LogP contribution in [0.2, 0.25) is 0 Å². The average Bonchev–Trinajstić information content (AvgIpc) is 2.34. The van der Waals surface area contributed by atoms with Gasteiger partial charge in [-0.1, -0.05) is 25.6 Å². The van der Waals surface area contributed by atoms with Gasteiger partial charge in [-0.2, -0.15) is 0 Å². The van der Waals surface area contributed by atoms with Gasteiger partial charge < -0.3 is 15.2 Å². The molecule has 0 radical (unpaired) electrons. The first-order valence-electron chi connectivity index (χ1n) is 5.57. The van der Waals surface area contributed by atoms with Crippen LogP contribution in [0.25, 0.3) is 0 Å². The molecular weight excluding hydrogens is 238 g/mol. The summed E-state index contributed by atoms with van der Waals surface area (Å²) in [6.07, 6.45) is 5.24. The van der Waals surface area contributed by atoms with Crippen LogP contribution >= 0.6 is 12.2 Å². The summed E-state index contributed by atoms with van der Waals surface area (Å²) in [5, 5.41) is 0. The molecule has 0 fully saturated rings. The molecule has 1 aromatic heterocycles. The Morgan fingerprint density at radius 3 is 2.76 bits per heavy atom. The third-order valence-corrected chi connectivity index (χ3v) is 2.20. The average molecular weight is 255 g/mol. The fourth-order valence-corrected chi connectivity index (χ4v) is 1.29. The second-order valence-electron chi connectivity index (χ2n) is 3.39. The fourth-order valence-electron chi connectivity index (χ4n) is 1.15. The first-order valence-corrected chi connectivity index (χ1v) is 5.98. The standard InChI is InChI=1S/C11H17N3O2S/c1-2-3-6-15-7-8-16-11-9(10(12)17)13-4-5-14-11/h4-5H,2-3,6-8H2,1H3,(H2,12,17). The topological polar surface area (TPSA) is 70.3 Å². The molecule has 0 atom stereocenters. The fraction of sp³-hybridized carbons (Fsp3) is 0.545. The van der Waals surface area contributed by atoms with Gasteiger partial charge in [-0.15, -0.1) is 0 Å². The summed E-state index contributed by atoms with van der Waals surface area (Å²) >= 11 is 4.85. The number of hydrogen-bond donors (Lipinski definition) is 1. The number of thiocarbonyl (C=S) groups is 1. The smallest absolute Gasteiger partial charge is 0.243 e. The Morgan fingerprint density at radius 2 is 2.06 bits per heavy atom. The number of aromatic nitrogens is 2. The summed E-state index contributed by atoms with van der Waals surface area (Å²) in [5.74, 6) is 0.360. The quantitative estimate of drug-likeness (QED) is 0.558. The van der Waals surface area contributed by atoms with Crippen LogP contribution in [-0.2, 0) is 4.74 Å². The van der Waals surface area contributed by atoms with E-state index in [0.29, 0.717) is 24.8 Å². The Balaban J connectivity index is 2.34. The van der Waals surface area contributed by atoms with Crippen molar-refractivity contribution in [1.82, 2.24) is 9.97 Å². The SMILES string of the molecule is CCCCOCCOc1nccnc1C(N)=S. The number of nitrogens with zero attached hydrogens (tertiary/aromatic N) is 2. The van der Waals surface area contributed by atoms with Crippen LogP contribution in [0.5, 0.6) is 5.88 Å². The third-order valence-electron chi connectivity index (χ3n) is 2.01. The van der Waals surface area contributed by atoms with E-state index in [4.69, 9.17) is 27.4 Å². The van der Waals surface area contributed by atoms with E-state index in [9.17, 15) is 0 Å². The van der Waals surface area contributed by atoms with E-state index in [1.165, 1.54) is 12.4 Å². The Labute approximate surface area is 106 Å². The van der Waals surface area contributed by atoms with Crippen molar-refractivity contribution in [1.29, 1.82) is 0 Å². The van der Waals surface area contributed by atoms with Gasteiger partial charge in [-0.05, 0) is 6.42 Å². The van der Waals surface area contributed by atoms with Crippen molar-refractivity contribution in [2.75, 3.05) is 19.8 Å². The second-order valence-corrected chi connectivity index (χ2v) is 3.83. The molecule has 1 aromatic rings. The van der Waals surface area contributed by atoms with Gasteiger partial charge in [0.15, 0.2) is 5.69 Å². The van der Waals surface area contributed by atoms with Crippen molar-refractivity contribution >= 4 is 17.2 Å². The number of unbranched alkanes of at least 4 members (excludes halogenated alkanes) is 1. The van der Waals surface area contributed by atoms with Crippen LogP contribution in [0.1, 0.15) is 25.5 Å². The van der Waals surface area contributed by atoms with Crippen LogP contribution in [0, 0.1) is 0 Å². The number of nitrogens with two attached hydrogens (primary N) is 1. The second kappa shape index (κ2) is 7.92. The highest BCUT2D eigenvalue weighted by Gasteiger charge is 2.08. The first kappa shape index (κ1) is 13.8. The summed E-state index contributed by atoms with van der Waals surface area (Å²) in [6, 6.07) is 0. The molecule has 1 rings (SSSR count). The van der Waals surface area contributed by atoms with Gasteiger partial charge in [0.05, 0.1) is 6.61 Å². The maximum Gasteiger partial charge on any atom is 0.243 e. The summed E-state index contributed by atoms with van der Waals surface area (Å²) in [7, 11) is 0. The van der Waals surface area contributed by atoms with E-state index in [1.54, 1.807) is 0 Å². The van der Waals surface area contributed by atoms with E-state index < -0.39 is 0 Å². The molecule has 0 saturated carbocycles. The summed E-state index contributed by atoms with van der Waals surface area (Å²) in [6.45, 7) is 3.81. The predicted octanol–water partition coefficient (Wildman–Crippen LogP) is 1.31. The zero-order valence-corrected chi connectivity index (χ0v) is 10.7. The van der Waals surface area contributed by atoms with Crippen molar-refractivity contribution in [3.8, 4) is 5.88 Å². The maximum atomic E-state index is 5.50. The molecule has 0 unspecified atom stereocenters. The van der Waals surface area contributed by atoms with Crippen molar-refractivity contribution < 1.29 is 9.47 Å². The summed E-state index contributed by atoms with van der Waals surface area (Å²) < 4.78 is 10.8. The third kappa shape index (κ3) is 5.06. The van der Waals surface area contributed by atoms with Crippen LogP contribution in [0.3, 0.4) is 0 Å². The van der Waals surface area contributed by atoms with Gasteiger partial charge in [-0.3, -0.25) is 0 Å². The molecule has 94 valence electrons. The van der Waals surface area contributed by atoms with Crippen LogP contribution in [0.4, 0.5) is 0 Å². The number of rotatable bonds is 8. The molecule has 6 heteroatoms. The molecule has 5 nitrogen and oxygen atoms in total. The zero-order valence-electron chi connectivity index (χ0n) is 9.89. The molecule has 0 aliphatic heterocycles. The molecule has 0 aromatic carbocycles. The Bertz CT molecular complexity index is 360. The molecule has 17 heavy (non-hydrogen) atoms. The van der Waals surface area contributed by atoms with E-state index in [2.05, 4.69) is 16.9 Å². The Morgan fingerprint density at radius 1 is 1.29 bits per heavy atom. The normalized spacial score (nSPS) is 10.2. The molecule has 0 bridgehead atoms. The summed E-state index contributed by atoms with van der Waals surface area (Å²) in [4.78, 5) is 8.22. The molecule has 0 aliphatic rings. The van der Waals surface area contributed by atoms with Crippen LogP contribution < -0.4 is 10.5 Å². The maximum absolute atomic E-state index is 5.50. The largest absolute Gasteiger partial charge is 0.474 e. The molecule has 1 heterocycles.